The molecule has 0 radical (unpaired) electrons. The zero-order valence-electron chi connectivity index (χ0n) is 18.6. The van der Waals surface area contributed by atoms with Gasteiger partial charge >= 0.3 is 0 Å². The van der Waals surface area contributed by atoms with E-state index in [9.17, 15) is 5.11 Å². The third-order valence-electron chi connectivity index (χ3n) is 5.95. The van der Waals surface area contributed by atoms with Crippen LogP contribution in [0.15, 0.2) is 0 Å². The van der Waals surface area contributed by atoms with Crippen molar-refractivity contribution >= 4 is 0 Å². The normalized spacial score (nSPS) is 24.6. The van der Waals surface area contributed by atoms with Gasteiger partial charge in [-0.05, 0) is 44.9 Å². The molecule has 1 fully saturated rings. The highest BCUT2D eigenvalue weighted by atomic mass is 16.7. The highest BCUT2D eigenvalue weighted by Gasteiger charge is 2.42. The van der Waals surface area contributed by atoms with Crippen LogP contribution in [0, 0.1) is 17.8 Å². The molecule has 1 saturated heterocycles. The predicted octanol–water partition coefficient (Wildman–Crippen LogP) is 6.33. The molecule has 1 N–H and O–H groups in total. The summed E-state index contributed by atoms with van der Waals surface area (Å²) < 4.78 is 11.4. The fourth-order valence-corrected chi connectivity index (χ4v) is 3.94. The van der Waals surface area contributed by atoms with Gasteiger partial charge in [-0.3, -0.25) is 0 Å². The lowest BCUT2D eigenvalue weighted by Gasteiger charge is -2.30. The third-order valence-corrected chi connectivity index (χ3v) is 5.95. The van der Waals surface area contributed by atoms with Gasteiger partial charge in [-0.25, -0.2) is 0 Å². The molecule has 0 aromatic heterocycles. The van der Waals surface area contributed by atoms with Crippen LogP contribution in [-0.4, -0.2) is 29.2 Å². The second-order valence-electron chi connectivity index (χ2n) is 10.0. The smallest absolute Gasteiger partial charge is 0.163 e. The molecule has 1 rings (SSSR count). The maximum atomic E-state index is 10.7. The van der Waals surface area contributed by atoms with Crippen LogP contribution in [0.5, 0.6) is 0 Å². The molecule has 0 aromatic carbocycles. The van der Waals surface area contributed by atoms with Crippen molar-refractivity contribution in [1.29, 1.82) is 0 Å². The van der Waals surface area contributed by atoms with Crippen molar-refractivity contribution < 1.29 is 14.6 Å². The molecule has 0 aromatic rings. The van der Waals surface area contributed by atoms with Crippen LogP contribution in [0.2, 0.25) is 0 Å². The van der Waals surface area contributed by atoms with E-state index in [4.69, 9.17) is 9.47 Å². The summed E-state index contributed by atoms with van der Waals surface area (Å²) in [6, 6.07) is 0. The second kappa shape index (κ2) is 11.0. The predicted molar refractivity (Wildman–Crippen MR) is 110 cm³/mol. The minimum atomic E-state index is -0.793. The summed E-state index contributed by atoms with van der Waals surface area (Å²) in [6.45, 7) is 15.6. The first-order chi connectivity index (χ1) is 12.0. The molecule has 1 aliphatic heterocycles. The van der Waals surface area contributed by atoms with E-state index in [1.165, 1.54) is 44.9 Å². The molecule has 1 heterocycles. The Hall–Kier alpha value is -0.120. The van der Waals surface area contributed by atoms with Crippen molar-refractivity contribution in [3.63, 3.8) is 0 Å². The number of aliphatic hydroxyl groups is 1. The van der Waals surface area contributed by atoms with Crippen LogP contribution < -0.4 is 0 Å². The summed E-state index contributed by atoms with van der Waals surface area (Å²) in [6.07, 6.45) is 11.0. The Labute approximate surface area is 163 Å². The Kier molecular flexibility index (Phi) is 10.1. The molecule has 0 spiro atoms. The standard InChI is InChI=1S/C23H46O3/c1-18(2)11-8-12-19(3)13-9-14-20(4)15-10-16-23(7,24)21-17-25-22(5,6)26-21/h18-21,24H,8-17H2,1-7H3. The molecular formula is C23H46O3. The van der Waals surface area contributed by atoms with E-state index in [0.29, 0.717) is 6.61 Å². The number of rotatable bonds is 13. The maximum absolute atomic E-state index is 10.7. The molecular weight excluding hydrogens is 324 g/mol. The molecule has 3 nitrogen and oxygen atoms in total. The lowest BCUT2D eigenvalue weighted by Crippen LogP contribution is -2.42. The monoisotopic (exact) mass is 370 g/mol. The Morgan fingerprint density at radius 3 is 1.88 bits per heavy atom. The third kappa shape index (κ3) is 9.71. The lowest BCUT2D eigenvalue weighted by atomic mass is 9.88. The SMILES string of the molecule is CC(C)CCCC(C)CCCC(C)CCCC(C)(O)C1COC(C)(C)O1. The topological polar surface area (TPSA) is 38.7 Å². The van der Waals surface area contributed by atoms with Gasteiger partial charge in [0.25, 0.3) is 0 Å². The van der Waals surface area contributed by atoms with E-state index in [1.807, 2.05) is 20.8 Å². The van der Waals surface area contributed by atoms with Gasteiger partial charge in [-0.2, -0.15) is 0 Å². The highest BCUT2D eigenvalue weighted by Crippen LogP contribution is 2.32. The van der Waals surface area contributed by atoms with E-state index < -0.39 is 11.4 Å². The van der Waals surface area contributed by atoms with Gasteiger partial charge in [-0.1, -0.05) is 79.1 Å². The molecule has 0 aliphatic carbocycles. The second-order valence-corrected chi connectivity index (χ2v) is 10.0. The van der Waals surface area contributed by atoms with Crippen molar-refractivity contribution in [2.75, 3.05) is 6.61 Å². The van der Waals surface area contributed by atoms with E-state index >= 15 is 0 Å². The minimum absolute atomic E-state index is 0.209. The number of ether oxygens (including phenoxy) is 2. The Bertz CT molecular complexity index is 376. The van der Waals surface area contributed by atoms with Crippen molar-refractivity contribution in [3.8, 4) is 0 Å². The molecule has 26 heavy (non-hydrogen) atoms. The largest absolute Gasteiger partial charge is 0.387 e. The van der Waals surface area contributed by atoms with Crippen molar-refractivity contribution in [2.24, 2.45) is 17.8 Å². The average Bonchev–Trinajstić information content (AvgIpc) is 2.87. The molecule has 0 amide bonds. The van der Waals surface area contributed by atoms with E-state index in [2.05, 4.69) is 27.7 Å². The quantitative estimate of drug-likeness (QED) is 0.412. The van der Waals surface area contributed by atoms with Gasteiger partial charge in [0.15, 0.2) is 5.79 Å². The fourth-order valence-electron chi connectivity index (χ4n) is 3.94. The molecule has 4 atom stereocenters. The van der Waals surface area contributed by atoms with Crippen molar-refractivity contribution in [2.45, 2.75) is 124 Å². The highest BCUT2D eigenvalue weighted by molar-refractivity contribution is 4.87. The van der Waals surface area contributed by atoms with Crippen LogP contribution in [0.4, 0.5) is 0 Å². The van der Waals surface area contributed by atoms with E-state index in [0.717, 1.165) is 30.6 Å². The van der Waals surface area contributed by atoms with Crippen molar-refractivity contribution in [3.05, 3.63) is 0 Å². The Morgan fingerprint density at radius 2 is 1.42 bits per heavy atom. The lowest BCUT2D eigenvalue weighted by molar-refractivity contribution is -0.168. The molecule has 0 saturated carbocycles. The van der Waals surface area contributed by atoms with Gasteiger partial charge in [0.05, 0.1) is 12.2 Å². The summed E-state index contributed by atoms with van der Waals surface area (Å²) in [5.74, 6) is 1.88. The molecule has 3 heteroatoms. The molecule has 0 bridgehead atoms. The fraction of sp³-hybridized carbons (Fsp3) is 1.00. The number of hydrogen-bond donors (Lipinski definition) is 1. The first-order valence-corrected chi connectivity index (χ1v) is 11.1. The Morgan fingerprint density at radius 1 is 0.923 bits per heavy atom. The van der Waals surface area contributed by atoms with Gasteiger partial charge in [-0.15, -0.1) is 0 Å². The Balaban J connectivity index is 2.11. The average molecular weight is 371 g/mol. The maximum Gasteiger partial charge on any atom is 0.163 e. The molecule has 156 valence electrons. The van der Waals surface area contributed by atoms with Gasteiger partial charge in [0.1, 0.15) is 6.10 Å². The zero-order valence-corrected chi connectivity index (χ0v) is 18.6. The van der Waals surface area contributed by atoms with Gasteiger partial charge in [0, 0.05) is 0 Å². The first-order valence-electron chi connectivity index (χ1n) is 11.1. The summed E-state index contributed by atoms with van der Waals surface area (Å²) in [4.78, 5) is 0. The van der Waals surface area contributed by atoms with Crippen molar-refractivity contribution in [1.82, 2.24) is 0 Å². The summed E-state index contributed by atoms with van der Waals surface area (Å²) in [5.41, 5.74) is -0.793. The molecule has 4 unspecified atom stereocenters. The summed E-state index contributed by atoms with van der Waals surface area (Å²) in [5, 5.41) is 10.7. The van der Waals surface area contributed by atoms with Gasteiger partial charge < -0.3 is 14.6 Å². The minimum Gasteiger partial charge on any atom is -0.387 e. The van der Waals surface area contributed by atoms with Gasteiger partial charge in [0.2, 0.25) is 0 Å². The van der Waals surface area contributed by atoms with E-state index in [1.54, 1.807) is 0 Å². The van der Waals surface area contributed by atoms with Crippen LogP contribution in [0.25, 0.3) is 0 Å². The van der Waals surface area contributed by atoms with Crippen LogP contribution in [-0.2, 0) is 9.47 Å². The summed E-state index contributed by atoms with van der Waals surface area (Å²) >= 11 is 0. The van der Waals surface area contributed by atoms with Crippen LogP contribution in [0.1, 0.15) is 106 Å². The van der Waals surface area contributed by atoms with Crippen LogP contribution >= 0.6 is 0 Å². The van der Waals surface area contributed by atoms with Crippen LogP contribution in [0.3, 0.4) is 0 Å². The first kappa shape index (κ1) is 23.9. The van der Waals surface area contributed by atoms with E-state index in [-0.39, 0.29) is 6.10 Å². The number of hydrogen-bond acceptors (Lipinski definition) is 3. The summed E-state index contributed by atoms with van der Waals surface area (Å²) in [7, 11) is 0. The molecule has 1 aliphatic rings. The zero-order chi connectivity index (χ0) is 19.8.